The molecule has 0 radical (unpaired) electrons. The van der Waals surface area contributed by atoms with Gasteiger partial charge in [0.25, 0.3) is 0 Å². The number of benzene rings is 1. The van der Waals surface area contributed by atoms with E-state index in [1.807, 2.05) is 35.6 Å². The molecule has 0 amide bonds. The largest absolute Gasteiger partial charge is 0.545 e. The van der Waals surface area contributed by atoms with E-state index in [0.717, 1.165) is 5.56 Å². The van der Waals surface area contributed by atoms with Crippen molar-refractivity contribution in [3.63, 3.8) is 0 Å². The molecule has 116 valence electrons. The number of aliphatic hydroxyl groups excluding tert-OH is 2. The van der Waals surface area contributed by atoms with Crippen molar-refractivity contribution in [2.75, 3.05) is 19.7 Å². The number of hydrogen-bond donors (Lipinski definition) is 4. The van der Waals surface area contributed by atoms with Crippen LogP contribution in [0.1, 0.15) is 11.7 Å². The zero-order valence-corrected chi connectivity index (χ0v) is 11.4. The van der Waals surface area contributed by atoms with Crippen molar-refractivity contribution in [2.24, 2.45) is 0 Å². The van der Waals surface area contributed by atoms with Crippen molar-refractivity contribution in [1.82, 2.24) is 0 Å². The SMILES string of the molecule is O=C([O-])/C=C/C(=O)O.OCC[NH2+]CC(O)c1ccccc1. The summed E-state index contributed by atoms with van der Waals surface area (Å²) in [5, 5.41) is 37.3. The molecule has 1 aromatic carbocycles. The third-order valence-corrected chi connectivity index (χ3v) is 2.27. The summed E-state index contributed by atoms with van der Waals surface area (Å²) in [5.41, 5.74) is 0.927. The lowest BCUT2D eigenvalue weighted by Crippen LogP contribution is -2.86. The van der Waals surface area contributed by atoms with Crippen molar-refractivity contribution in [2.45, 2.75) is 6.10 Å². The summed E-state index contributed by atoms with van der Waals surface area (Å²) in [6, 6.07) is 9.54. The molecule has 5 N–H and O–H groups in total. The van der Waals surface area contributed by atoms with Crippen LogP contribution in [-0.2, 0) is 9.59 Å². The van der Waals surface area contributed by atoms with Gasteiger partial charge in [-0.3, -0.25) is 0 Å². The summed E-state index contributed by atoms with van der Waals surface area (Å²) in [5.74, 6) is -2.80. The summed E-state index contributed by atoms with van der Waals surface area (Å²) < 4.78 is 0. The fourth-order valence-corrected chi connectivity index (χ4v) is 1.32. The summed E-state index contributed by atoms with van der Waals surface area (Å²) in [4.78, 5) is 19.0. The highest BCUT2D eigenvalue weighted by atomic mass is 16.4. The number of carbonyl (C=O) groups excluding carboxylic acids is 1. The van der Waals surface area contributed by atoms with Crippen LogP contribution >= 0.6 is 0 Å². The molecule has 7 nitrogen and oxygen atoms in total. The number of quaternary nitrogens is 1. The van der Waals surface area contributed by atoms with Crippen molar-refractivity contribution in [3.05, 3.63) is 48.0 Å². The van der Waals surface area contributed by atoms with E-state index < -0.39 is 18.0 Å². The Hall–Kier alpha value is -2.22. The predicted molar refractivity (Wildman–Crippen MR) is 71.9 cm³/mol. The van der Waals surface area contributed by atoms with Gasteiger partial charge < -0.3 is 30.5 Å². The number of carboxylic acid groups (broad SMARTS) is 2. The second-order valence-corrected chi connectivity index (χ2v) is 3.95. The Labute approximate surface area is 122 Å². The number of nitrogens with two attached hydrogens (primary N) is 1. The molecule has 0 bridgehead atoms. The third kappa shape index (κ3) is 11.3. The Balaban J connectivity index is 0.000000433. The van der Waals surface area contributed by atoms with Gasteiger partial charge in [-0.15, -0.1) is 0 Å². The molecule has 0 aliphatic heterocycles. The smallest absolute Gasteiger partial charge is 0.328 e. The van der Waals surface area contributed by atoms with Crippen LogP contribution in [0.4, 0.5) is 0 Å². The van der Waals surface area contributed by atoms with Gasteiger partial charge in [0.2, 0.25) is 0 Å². The number of carboxylic acids is 2. The normalized spacial score (nSPS) is 11.5. The molecule has 0 fully saturated rings. The fourth-order valence-electron chi connectivity index (χ4n) is 1.32. The molecule has 0 aliphatic carbocycles. The van der Waals surface area contributed by atoms with Crippen LogP contribution < -0.4 is 10.4 Å². The zero-order valence-electron chi connectivity index (χ0n) is 11.4. The number of rotatable bonds is 7. The molecule has 1 unspecified atom stereocenters. The van der Waals surface area contributed by atoms with E-state index in [0.29, 0.717) is 25.2 Å². The first kappa shape index (κ1) is 18.8. The molecule has 0 aromatic heterocycles. The average Bonchev–Trinajstić information content (AvgIpc) is 2.47. The fraction of sp³-hybridized carbons (Fsp3) is 0.286. The van der Waals surface area contributed by atoms with E-state index in [9.17, 15) is 19.8 Å². The standard InChI is InChI=1S/C10H15NO2.C4H4O4/c12-7-6-11-8-10(13)9-4-2-1-3-5-9;5-3(6)1-2-4(7)8/h1-5,10-13H,6-8H2;1-2H,(H,5,6)(H,7,8)/b;2-1+. The maximum atomic E-state index is 9.63. The Bertz CT molecular complexity index is 430. The number of hydrogen-bond acceptors (Lipinski definition) is 5. The van der Waals surface area contributed by atoms with Crippen LogP contribution in [-0.4, -0.2) is 47.0 Å². The van der Waals surface area contributed by atoms with Crippen molar-refractivity contribution in [1.29, 1.82) is 0 Å². The molecule has 1 atom stereocenters. The van der Waals surface area contributed by atoms with Gasteiger partial charge in [0, 0.05) is 6.08 Å². The van der Waals surface area contributed by atoms with Gasteiger partial charge in [-0.1, -0.05) is 30.3 Å². The minimum absolute atomic E-state index is 0.154. The molecule has 0 aliphatic rings. The van der Waals surface area contributed by atoms with Gasteiger partial charge in [0.05, 0.1) is 19.1 Å². The summed E-state index contributed by atoms with van der Waals surface area (Å²) in [7, 11) is 0. The van der Waals surface area contributed by atoms with Crippen molar-refractivity contribution >= 4 is 11.9 Å². The highest BCUT2D eigenvalue weighted by Gasteiger charge is 2.07. The highest BCUT2D eigenvalue weighted by molar-refractivity contribution is 5.88. The quantitative estimate of drug-likeness (QED) is 0.329. The molecule has 21 heavy (non-hydrogen) atoms. The Morgan fingerprint density at radius 1 is 1.24 bits per heavy atom. The number of carbonyl (C=O) groups is 2. The Morgan fingerprint density at radius 3 is 2.29 bits per heavy atom. The number of aliphatic hydroxyl groups is 2. The van der Waals surface area contributed by atoms with Gasteiger partial charge >= 0.3 is 5.97 Å². The predicted octanol–water partition coefficient (Wildman–Crippen LogP) is -2.35. The summed E-state index contributed by atoms with van der Waals surface area (Å²) >= 11 is 0. The van der Waals surface area contributed by atoms with Crippen LogP contribution in [0, 0.1) is 0 Å². The van der Waals surface area contributed by atoms with E-state index in [-0.39, 0.29) is 6.61 Å². The molecule has 1 aromatic rings. The van der Waals surface area contributed by atoms with Gasteiger partial charge in [0.1, 0.15) is 12.6 Å². The minimum atomic E-state index is -1.51. The summed E-state index contributed by atoms with van der Waals surface area (Å²) in [6.45, 7) is 1.40. The first-order valence-corrected chi connectivity index (χ1v) is 6.25. The van der Waals surface area contributed by atoms with Crippen molar-refractivity contribution < 1.29 is 35.3 Å². The molecule has 0 saturated carbocycles. The van der Waals surface area contributed by atoms with Crippen molar-refractivity contribution in [3.8, 4) is 0 Å². The molecular formula is C14H19NO6. The molecular weight excluding hydrogens is 278 g/mol. The molecule has 1 rings (SSSR count). The van der Waals surface area contributed by atoms with E-state index in [1.54, 1.807) is 0 Å². The van der Waals surface area contributed by atoms with Crippen LogP contribution in [0.3, 0.4) is 0 Å². The van der Waals surface area contributed by atoms with Crippen LogP contribution in [0.15, 0.2) is 42.5 Å². The van der Waals surface area contributed by atoms with Crippen LogP contribution in [0.2, 0.25) is 0 Å². The van der Waals surface area contributed by atoms with Gasteiger partial charge in [-0.2, -0.15) is 0 Å². The van der Waals surface area contributed by atoms with Gasteiger partial charge in [-0.05, 0) is 11.6 Å². The first-order valence-electron chi connectivity index (χ1n) is 6.25. The monoisotopic (exact) mass is 297 g/mol. The van der Waals surface area contributed by atoms with E-state index >= 15 is 0 Å². The Morgan fingerprint density at radius 2 is 1.86 bits per heavy atom. The van der Waals surface area contributed by atoms with E-state index in [1.165, 1.54) is 0 Å². The van der Waals surface area contributed by atoms with Gasteiger partial charge in [-0.25, -0.2) is 4.79 Å². The lowest BCUT2D eigenvalue weighted by atomic mass is 10.1. The Kier molecular flexibility index (Phi) is 10.4. The molecule has 7 heteroatoms. The second-order valence-electron chi connectivity index (χ2n) is 3.95. The molecule has 0 saturated heterocycles. The maximum absolute atomic E-state index is 9.63. The lowest BCUT2D eigenvalue weighted by molar-refractivity contribution is -0.663. The average molecular weight is 297 g/mol. The number of aliphatic carboxylic acids is 2. The minimum Gasteiger partial charge on any atom is -0.545 e. The van der Waals surface area contributed by atoms with E-state index in [2.05, 4.69) is 0 Å². The van der Waals surface area contributed by atoms with Crippen LogP contribution in [0.5, 0.6) is 0 Å². The highest BCUT2D eigenvalue weighted by Crippen LogP contribution is 2.08. The third-order valence-electron chi connectivity index (χ3n) is 2.27. The molecule has 0 spiro atoms. The lowest BCUT2D eigenvalue weighted by Gasteiger charge is -2.08. The zero-order chi connectivity index (χ0) is 16.1. The van der Waals surface area contributed by atoms with Gasteiger partial charge in [0.15, 0.2) is 0 Å². The second kappa shape index (κ2) is 11.6. The molecule has 0 heterocycles. The first-order chi connectivity index (χ1) is 9.97. The maximum Gasteiger partial charge on any atom is 0.328 e. The summed E-state index contributed by atoms with van der Waals surface area (Å²) in [6.07, 6.45) is 0.505. The topological polar surface area (TPSA) is 134 Å². The van der Waals surface area contributed by atoms with Crippen LogP contribution in [0.25, 0.3) is 0 Å². The van der Waals surface area contributed by atoms with E-state index in [4.69, 9.17) is 10.2 Å².